The van der Waals surface area contributed by atoms with E-state index in [1.54, 1.807) is 4.90 Å². The van der Waals surface area contributed by atoms with Crippen LogP contribution in [0.2, 0.25) is 0 Å². The Hall–Kier alpha value is -2.53. The number of amides is 1. The summed E-state index contributed by atoms with van der Waals surface area (Å²) in [5.74, 6) is 0.284. The number of phenolic OH excluding ortho intramolecular Hbond substituents is 1. The second-order valence-electron chi connectivity index (χ2n) is 6.30. The van der Waals surface area contributed by atoms with E-state index in [9.17, 15) is 9.90 Å². The number of phenols is 1. The van der Waals surface area contributed by atoms with Crippen molar-refractivity contribution in [2.45, 2.75) is 27.2 Å². The quantitative estimate of drug-likeness (QED) is 0.773. The van der Waals surface area contributed by atoms with E-state index >= 15 is 0 Å². The summed E-state index contributed by atoms with van der Waals surface area (Å²) in [4.78, 5) is 19.9. The molecule has 2 aromatic rings. The zero-order chi connectivity index (χ0) is 18.7. The molecule has 1 aliphatic heterocycles. The van der Waals surface area contributed by atoms with E-state index < -0.39 is 0 Å². The number of benzene rings is 2. The minimum atomic E-state index is -0.0186. The van der Waals surface area contributed by atoms with Gasteiger partial charge < -0.3 is 5.11 Å². The number of hydrogen-bond donors (Lipinski definition) is 1. The van der Waals surface area contributed by atoms with Gasteiger partial charge in [0.15, 0.2) is 5.17 Å². The molecule has 0 aromatic heterocycles. The maximum Gasteiger partial charge on any atom is 0.266 e. The SMILES string of the molecule is CCCN1C(=O)/C(=C/c2cc(C)c(O)c(C)c2)SC1=Nc1ccccc1. The number of rotatable bonds is 4. The summed E-state index contributed by atoms with van der Waals surface area (Å²) in [7, 11) is 0. The molecule has 0 radical (unpaired) electrons. The van der Waals surface area contributed by atoms with E-state index in [2.05, 4.69) is 4.99 Å². The molecule has 1 fully saturated rings. The minimum absolute atomic E-state index is 0.0186. The van der Waals surface area contributed by atoms with Crippen LogP contribution in [-0.2, 0) is 4.79 Å². The standard InChI is InChI=1S/C21H22N2O2S/c1-4-10-23-20(25)18(13-16-11-14(2)19(24)15(3)12-16)26-21(23)22-17-8-6-5-7-9-17/h5-9,11-13,24H,4,10H2,1-3H3/b18-13-,22-21?. The second kappa shape index (κ2) is 7.79. The summed E-state index contributed by atoms with van der Waals surface area (Å²) in [5, 5.41) is 10.7. The highest BCUT2D eigenvalue weighted by Crippen LogP contribution is 2.35. The first kappa shape index (κ1) is 18.3. The molecule has 26 heavy (non-hydrogen) atoms. The van der Waals surface area contributed by atoms with Crippen molar-refractivity contribution in [3.8, 4) is 5.75 Å². The zero-order valence-electron chi connectivity index (χ0n) is 15.2. The monoisotopic (exact) mass is 366 g/mol. The van der Waals surface area contributed by atoms with Crippen LogP contribution in [0.5, 0.6) is 5.75 Å². The Balaban J connectivity index is 1.97. The predicted molar refractivity (Wildman–Crippen MR) is 109 cm³/mol. The minimum Gasteiger partial charge on any atom is -0.507 e. The maximum absolute atomic E-state index is 12.8. The Kier molecular flexibility index (Phi) is 5.47. The number of nitrogens with zero attached hydrogens (tertiary/aromatic N) is 2. The molecular formula is C21H22N2O2S. The average Bonchev–Trinajstić information content (AvgIpc) is 2.90. The van der Waals surface area contributed by atoms with Gasteiger partial charge in [-0.3, -0.25) is 9.69 Å². The predicted octanol–water partition coefficient (Wildman–Crippen LogP) is 5.02. The zero-order valence-corrected chi connectivity index (χ0v) is 16.0. The van der Waals surface area contributed by atoms with Gasteiger partial charge in [-0.2, -0.15) is 0 Å². The van der Waals surface area contributed by atoms with E-state index in [1.807, 2.05) is 69.3 Å². The molecule has 134 valence electrons. The van der Waals surface area contributed by atoms with Crippen LogP contribution in [0.3, 0.4) is 0 Å². The van der Waals surface area contributed by atoms with E-state index in [0.717, 1.165) is 28.8 Å². The highest BCUT2D eigenvalue weighted by atomic mass is 32.2. The average molecular weight is 366 g/mol. The lowest BCUT2D eigenvalue weighted by Crippen LogP contribution is -2.29. The molecule has 3 rings (SSSR count). The maximum atomic E-state index is 12.8. The normalized spacial score (nSPS) is 17.5. The molecule has 1 N–H and O–H groups in total. The van der Waals surface area contributed by atoms with Gasteiger partial charge in [0.1, 0.15) is 5.75 Å². The number of aliphatic imine (C=N–C) groups is 1. The van der Waals surface area contributed by atoms with Crippen molar-refractivity contribution in [3.63, 3.8) is 0 Å². The number of hydrogen-bond acceptors (Lipinski definition) is 4. The smallest absolute Gasteiger partial charge is 0.266 e. The van der Waals surface area contributed by atoms with Crippen molar-refractivity contribution in [2.24, 2.45) is 4.99 Å². The van der Waals surface area contributed by atoms with Crippen LogP contribution in [0, 0.1) is 13.8 Å². The first-order chi connectivity index (χ1) is 12.5. The van der Waals surface area contributed by atoms with Gasteiger partial charge in [-0.25, -0.2) is 4.99 Å². The van der Waals surface area contributed by atoms with Crippen molar-refractivity contribution < 1.29 is 9.90 Å². The summed E-state index contributed by atoms with van der Waals surface area (Å²) in [6, 6.07) is 13.4. The van der Waals surface area contributed by atoms with Gasteiger partial charge in [0.2, 0.25) is 0 Å². The lowest BCUT2D eigenvalue weighted by atomic mass is 10.1. The van der Waals surface area contributed by atoms with Crippen LogP contribution in [0.15, 0.2) is 52.4 Å². The third-order valence-corrected chi connectivity index (χ3v) is 5.13. The van der Waals surface area contributed by atoms with Crippen molar-refractivity contribution in [3.05, 3.63) is 64.1 Å². The van der Waals surface area contributed by atoms with Gasteiger partial charge in [0.25, 0.3) is 5.91 Å². The highest BCUT2D eigenvalue weighted by Gasteiger charge is 2.32. The Morgan fingerprint density at radius 1 is 1.15 bits per heavy atom. The Labute approximate surface area is 158 Å². The molecule has 0 atom stereocenters. The number of thioether (sulfide) groups is 1. The van der Waals surface area contributed by atoms with Gasteiger partial charge in [-0.15, -0.1) is 0 Å². The summed E-state index contributed by atoms with van der Waals surface area (Å²) in [6.07, 6.45) is 2.74. The van der Waals surface area contributed by atoms with E-state index in [4.69, 9.17) is 0 Å². The van der Waals surface area contributed by atoms with E-state index in [1.165, 1.54) is 11.8 Å². The number of aromatic hydroxyl groups is 1. The second-order valence-corrected chi connectivity index (χ2v) is 7.31. The number of amidine groups is 1. The van der Waals surface area contributed by atoms with Gasteiger partial charge in [0, 0.05) is 6.54 Å². The third kappa shape index (κ3) is 3.83. The van der Waals surface area contributed by atoms with Crippen molar-refractivity contribution in [2.75, 3.05) is 6.54 Å². The molecule has 1 heterocycles. The fourth-order valence-corrected chi connectivity index (χ4v) is 3.87. The Bertz CT molecular complexity index is 865. The largest absolute Gasteiger partial charge is 0.507 e. The Morgan fingerprint density at radius 2 is 1.81 bits per heavy atom. The lowest BCUT2D eigenvalue weighted by Gasteiger charge is -2.13. The molecule has 4 nitrogen and oxygen atoms in total. The number of carbonyl (C=O) groups is 1. The highest BCUT2D eigenvalue weighted by molar-refractivity contribution is 8.18. The van der Waals surface area contributed by atoms with Gasteiger partial charge in [0.05, 0.1) is 10.6 Å². The first-order valence-corrected chi connectivity index (χ1v) is 9.46. The summed E-state index contributed by atoms with van der Waals surface area (Å²) >= 11 is 1.40. The van der Waals surface area contributed by atoms with Crippen LogP contribution < -0.4 is 0 Å². The van der Waals surface area contributed by atoms with Gasteiger partial charge >= 0.3 is 0 Å². The molecule has 0 saturated carbocycles. The molecule has 1 aliphatic rings. The summed E-state index contributed by atoms with van der Waals surface area (Å²) in [5.41, 5.74) is 3.35. The molecule has 0 bridgehead atoms. The number of aryl methyl sites for hydroxylation is 2. The van der Waals surface area contributed by atoms with E-state index in [-0.39, 0.29) is 5.91 Å². The first-order valence-electron chi connectivity index (χ1n) is 8.65. The van der Waals surface area contributed by atoms with Crippen LogP contribution in [0.25, 0.3) is 6.08 Å². The van der Waals surface area contributed by atoms with Crippen molar-refractivity contribution >= 4 is 34.6 Å². The molecular weight excluding hydrogens is 344 g/mol. The van der Waals surface area contributed by atoms with Gasteiger partial charge in [-0.1, -0.05) is 25.1 Å². The molecule has 5 heteroatoms. The number of carbonyl (C=O) groups excluding carboxylic acids is 1. The van der Waals surface area contributed by atoms with E-state index in [0.29, 0.717) is 22.4 Å². The Morgan fingerprint density at radius 3 is 2.42 bits per heavy atom. The van der Waals surface area contributed by atoms with Crippen LogP contribution in [-0.4, -0.2) is 27.6 Å². The van der Waals surface area contributed by atoms with Crippen LogP contribution in [0.1, 0.15) is 30.0 Å². The van der Waals surface area contributed by atoms with Gasteiger partial charge in [-0.05, 0) is 79.1 Å². The lowest BCUT2D eigenvalue weighted by molar-refractivity contribution is -0.122. The molecule has 0 unspecified atom stereocenters. The van der Waals surface area contributed by atoms with Crippen LogP contribution in [0.4, 0.5) is 5.69 Å². The molecule has 1 amide bonds. The summed E-state index contributed by atoms with van der Waals surface area (Å²) in [6.45, 7) is 6.41. The van der Waals surface area contributed by atoms with Crippen molar-refractivity contribution in [1.29, 1.82) is 0 Å². The fraction of sp³-hybridized carbons (Fsp3) is 0.238. The van der Waals surface area contributed by atoms with Crippen molar-refractivity contribution in [1.82, 2.24) is 4.90 Å². The third-order valence-electron chi connectivity index (χ3n) is 4.13. The fourth-order valence-electron chi connectivity index (χ4n) is 2.85. The molecule has 0 aliphatic carbocycles. The summed E-state index contributed by atoms with van der Waals surface area (Å²) < 4.78 is 0. The van der Waals surface area contributed by atoms with Crippen LogP contribution >= 0.6 is 11.8 Å². The molecule has 2 aromatic carbocycles. The molecule has 1 saturated heterocycles. The molecule has 0 spiro atoms. The topological polar surface area (TPSA) is 52.9 Å². The number of para-hydroxylation sites is 1.